The second-order valence-electron chi connectivity index (χ2n) is 2.23. The summed E-state index contributed by atoms with van der Waals surface area (Å²) in [5.74, 6) is -2.32. The summed E-state index contributed by atoms with van der Waals surface area (Å²) in [5, 5.41) is 19.3. The van der Waals surface area contributed by atoms with E-state index >= 15 is 0 Å². The lowest BCUT2D eigenvalue weighted by atomic mass is 10.2. The van der Waals surface area contributed by atoms with Gasteiger partial charge in [0.05, 0.1) is 6.42 Å². The molecule has 0 rings (SSSR count). The molecular formula is C6H12N2O4. The third-order valence-electron chi connectivity index (χ3n) is 1.21. The molecule has 0 aromatic heterocycles. The Morgan fingerprint density at radius 2 is 2.00 bits per heavy atom. The first-order valence-electron chi connectivity index (χ1n) is 3.46. The Kier molecular flexibility index (Phi) is 4.98. The third kappa shape index (κ3) is 4.64. The van der Waals surface area contributed by atoms with E-state index in [0.29, 0.717) is 6.54 Å². The maximum absolute atomic E-state index is 10.4. The van der Waals surface area contributed by atoms with Crippen molar-refractivity contribution in [1.82, 2.24) is 5.32 Å². The van der Waals surface area contributed by atoms with Gasteiger partial charge >= 0.3 is 11.9 Å². The lowest BCUT2D eigenvalue weighted by Crippen LogP contribution is -2.40. The van der Waals surface area contributed by atoms with Gasteiger partial charge in [0.1, 0.15) is 6.04 Å². The third-order valence-corrected chi connectivity index (χ3v) is 1.21. The highest BCUT2D eigenvalue weighted by atomic mass is 16.4. The standard InChI is InChI=1S/C6H12N2O4/c7-1-2-8-4(6(11)12)3-5(9)10/h4,8H,1-3,7H2,(H,9,10)(H,11,12)/t4-/m0/s1. The number of nitrogens with two attached hydrogens (primary N) is 1. The first kappa shape index (κ1) is 10.9. The van der Waals surface area contributed by atoms with E-state index < -0.39 is 24.4 Å². The molecule has 6 nitrogen and oxygen atoms in total. The molecule has 0 aromatic rings. The number of rotatable bonds is 6. The van der Waals surface area contributed by atoms with Gasteiger partial charge in [0.25, 0.3) is 0 Å². The minimum atomic E-state index is -1.18. The summed E-state index contributed by atoms with van der Waals surface area (Å²) < 4.78 is 0. The van der Waals surface area contributed by atoms with Crippen molar-refractivity contribution >= 4 is 11.9 Å². The Hall–Kier alpha value is -1.14. The largest absolute Gasteiger partial charge is 0.481 e. The molecule has 0 heterocycles. The molecule has 0 saturated heterocycles. The summed E-state index contributed by atoms with van der Waals surface area (Å²) in [6.45, 7) is 0.577. The fraction of sp³-hybridized carbons (Fsp3) is 0.667. The molecule has 0 bridgehead atoms. The predicted octanol–water partition coefficient (Wildman–Crippen LogP) is -1.54. The fourth-order valence-corrected chi connectivity index (χ4v) is 0.679. The van der Waals surface area contributed by atoms with Gasteiger partial charge in [-0.15, -0.1) is 0 Å². The zero-order valence-corrected chi connectivity index (χ0v) is 6.49. The van der Waals surface area contributed by atoms with Gasteiger partial charge in [-0.05, 0) is 0 Å². The summed E-state index contributed by atoms with van der Waals surface area (Å²) in [6, 6.07) is -1.05. The second-order valence-corrected chi connectivity index (χ2v) is 2.23. The Labute approximate surface area is 69.4 Å². The van der Waals surface area contributed by atoms with Crippen molar-refractivity contribution in [3.05, 3.63) is 0 Å². The van der Waals surface area contributed by atoms with Crippen LogP contribution in [0.1, 0.15) is 6.42 Å². The number of hydrogen-bond acceptors (Lipinski definition) is 4. The maximum Gasteiger partial charge on any atom is 0.321 e. The SMILES string of the molecule is NCCN[C@@H](CC(=O)O)C(=O)O. The lowest BCUT2D eigenvalue weighted by Gasteiger charge is -2.10. The van der Waals surface area contributed by atoms with Gasteiger partial charge in [-0.25, -0.2) is 0 Å². The van der Waals surface area contributed by atoms with E-state index in [2.05, 4.69) is 5.32 Å². The minimum absolute atomic E-state index is 0.281. The van der Waals surface area contributed by atoms with Crippen LogP contribution in [0.15, 0.2) is 0 Å². The van der Waals surface area contributed by atoms with E-state index in [4.69, 9.17) is 15.9 Å². The van der Waals surface area contributed by atoms with Gasteiger partial charge in [-0.2, -0.15) is 0 Å². The molecule has 6 heteroatoms. The number of carboxylic acid groups (broad SMARTS) is 2. The number of carbonyl (C=O) groups is 2. The molecule has 0 unspecified atom stereocenters. The zero-order valence-electron chi connectivity index (χ0n) is 6.49. The van der Waals surface area contributed by atoms with Crippen molar-refractivity contribution in [1.29, 1.82) is 0 Å². The van der Waals surface area contributed by atoms with Gasteiger partial charge in [0, 0.05) is 13.1 Å². The number of hydrogen-bond donors (Lipinski definition) is 4. The predicted molar refractivity (Wildman–Crippen MR) is 40.7 cm³/mol. The molecule has 0 aliphatic carbocycles. The Morgan fingerprint density at radius 1 is 1.42 bits per heavy atom. The normalized spacial score (nSPS) is 12.4. The number of nitrogens with one attached hydrogen (secondary N) is 1. The summed E-state index contributed by atoms with van der Waals surface area (Å²) >= 11 is 0. The van der Waals surface area contributed by atoms with Crippen molar-refractivity contribution in [2.24, 2.45) is 5.73 Å². The number of aliphatic carboxylic acids is 2. The van der Waals surface area contributed by atoms with Gasteiger partial charge in [-0.1, -0.05) is 0 Å². The molecule has 12 heavy (non-hydrogen) atoms. The van der Waals surface area contributed by atoms with Crippen LogP contribution >= 0.6 is 0 Å². The van der Waals surface area contributed by atoms with Crippen LogP contribution in [0.5, 0.6) is 0 Å². The highest BCUT2D eigenvalue weighted by Crippen LogP contribution is 1.91. The van der Waals surface area contributed by atoms with Gasteiger partial charge in [0.15, 0.2) is 0 Å². The zero-order chi connectivity index (χ0) is 9.56. The average molecular weight is 176 g/mol. The molecule has 0 aromatic carbocycles. The number of carboxylic acids is 2. The van der Waals surface area contributed by atoms with E-state index in [-0.39, 0.29) is 6.54 Å². The molecule has 0 aliphatic heterocycles. The Bertz CT molecular complexity index is 171. The van der Waals surface area contributed by atoms with E-state index in [1.54, 1.807) is 0 Å². The Morgan fingerprint density at radius 3 is 2.33 bits per heavy atom. The van der Waals surface area contributed by atoms with Crippen LogP contribution in [0.3, 0.4) is 0 Å². The quantitative estimate of drug-likeness (QED) is 0.390. The van der Waals surface area contributed by atoms with Crippen LogP contribution in [0, 0.1) is 0 Å². The smallest absolute Gasteiger partial charge is 0.321 e. The molecule has 0 saturated carbocycles. The van der Waals surface area contributed by atoms with Gasteiger partial charge in [-0.3, -0.25) is 9.59 Å². The molecule has 0 amide bonds. The molecule has 0 aliphatic rings. The van der Waals surface area contributed by atoms with E-state index in [9.17, 15) is 9.59 Å². The molecule has 0 fully saturated rings. The van der Waals surface area contributed by atoms with Gasteiger partial charge in [0.2, 0.25) is 0 Å². The van der Waals surface area contributed by atoms with Gasteiger partial charge < -0.3 is 21.3 Å². The first-order valence-corrected chi connectivity index (χ1v) is 3.46. The van der Waals surface area contributed by atoms with Crippen molar-refractivity contribution in [3.8, 4) is 0 Å². The fourth-order valence-electron chi connectivity index (χ4n) is 0.679. The molecule has 0 spiro atoms. The van der Waals surface area contributed by atoms with Crippen LogP contribution in [0.4, 0.5) is 0 Å². The average Bonchev–Trinajstić information content (AvgIpc) is 1.96. The minimum Gasteiger partial charge on any atom is -0.481 e. The van der Waals surface area contributed by atoms with Crippen LogP contribution in [-0.2, 0) is 9.59 Å². The van der Waals surface area contributed by atoms with Crippen LogP contribution in [0.25, 0.3) is 0 Å². The molecule has 70 valence electrons. The first-order chi connectivity index (χ1) is 5.57. The van der Waals surface area contributed by atoms with Crippen molar-refractivity contribution < 1.29 is 19.8 Å². The summed E-state index contributed by atoms with van der Waals surface area (Å²) in [6.07, 6.45) is -0.435. The maximum atomic E-state index is 10.4. The summed E-state index contributed by atoms with van der Waals surface area (Å²) in [4.78, 5) is 20.5. The highest BCUT2D eigenvalue weighted by molar-refractivity contribution is 5.80. The topological polar surface area (TPSA) is 113 Å². The summed E-state index contributed by atoms with van der Waals surface area (Å²) in [7, 11) is 0. The molecular weight excluding hydrogens is 164 g/mol. The van der Waals surface area contributed by atoms with E-state index in [1.165, 1.54) is 0 Å². The van der Waals surface area contributed by atoms with E-state index in [1.807, 2.05) is 0 Å². The van der Waals surface area contributed by atoms with Crippen molar-refractivity contribution in [3.63, 3.8) is 0 Å². The van der Waals surface area contributed by atoms with E-state index in [0.717, 1.165) is 0 Å². The summed E-state index contributed by atoms with van der Waals surface area (Å²) in [5.41, 5.74) is 5.10. The van der Waals surface area contributed by atoms with Crippen LogP contribution in [-0.4, -0.2) is 41.3 Å². The lowest BCUT2D eigenvalue weighted by molar-refractivity contribution is -0.145. The Balaban J connectivity index is 3.87. The second kappa shape index (κ2) is 5.50. The van der Waals surface area contributed by atoms with Crippen LogP contribution in [0.2, 0.25) is 0 Å². The molecule has 0 radical (unpaired) electrons. The molecule has 5 N–H and O–H groups in total. The highest BCUT2D eigenvalue weighted by Gasteiger charge is 2.19. The monoisotopic (exact) mass is 176 g/mol. The van der Waals surface area contributed by atoms with Crippen LogP contribution < -0.4 is 11.1 Å². The van der Waals surface area contributed by atoms with Crippen molar-refractivity contribution in [2.45, 2.75) is 12.5 Å². The molecule has 1 atom stereocenters. The van der Waals surface area contributed by atoms with Crippen molar-refractivity contribution in [2.75, 3.05) is 13.1 Å².